The number of hydrogen-bond acceptors (Lipinski definition) is 7. The predicted octanol–water partition coefficient (Wildman–Crippen LogP) is 13.2. The first-order valence-electron chi connectivity index (χ1n) is 22.8. The zero-order valence-electron chi connectivity index (χ0n) is 37.3. The Bertz CT molecular complexity index is 985. The molecule has 56 heavy (non-hydrogen) atoms. The van der Waals surface area contributed by atoms with Crippen molar-refractivity contribution in [1.29, 1.82) is 0 Å². The first kappa shape index (κ1) is 53.3. The zero-order valence-corrected chi connectivity index (χ0v) is 37.3. The lowest BCUT2D eigenvalue weighted by Gasteiger charge is -2.22. The third-order valence-electron chi connectivity index (χ3n) is 10.3. The van der Waals surface area contributed by atoms with Crippen LogP contribution in [0.25, 0.3) is 0 Å². The normalized spacial score (nSPS) is 13.2. The van der Waals surface area contributed by atoms with Crippen LogP contribution in [-0.2, 0) is 28.6 Å². The molecule has 0 saturated carbocycles. The first-order chi connectivity index (χ1) is 27.2. The van der Waals surface area contributed by atoms with Crippen LogP contribution >= 0.6 is 0 Å². The van der Waals surface area contributed by atoms with Crippen LogP contribution in [0.1, 0.15) is 194 Å². The number of carbonyl (C=O) groups excluding carboxylic acids is 3. The number of methoxy groups -OCH3 is 2. The van der Waals surface area contributed by atoms with Crippen LogP contribution in [0.3, 0.4) is 0 Å². The van der Waals surface area contributed by atoms with Gasteiger partial charge in [0.25, 0.3) is 0 Å². The number of rotatable bonds is 39. The molecule has 0 radical (unpaired) electrons. The summed E-state index contributed by atoms with van der Waals surface area (Å²) in [5.74, 6) is 0.686. The van der Waals surface area contributed by atoms with Crippen molar-refractivity contribution in [2.24, 2.45) is 11.8 Å². The van der Waals surface area contributed by atoms with Crippen molar-refractivity contribution in [3.05, 3.63) is 48.6 Å². The van der Waals surface area contributed by atoms with Crippen LogP contribution in [0.15, 0.2) is 48.6 Å². The molecule has 0 aromatic heterocycles. The molecule has 0 aromatic rings. The maximum Gasteiger partial charge on any atom is 0.306 e. The Morgan fingerprint density at radius 2 is 0.857 bits per heavy atom. The zero-order chi connectivity index (χ0) is 41.3. The Hall–Kier alpha value is -2.67. The summed E-state index contributed by atoms with van der Waals surface area (Å²) in [6.45, 7) is 5.52. The van der Waals surface area contributed by atoms with Gasteiger partial charge in [0.15, 0.2) is 0 Å². The molecule has 0 spiro atoms. The van der Waals surface area contributed by atoms with E-state index in [9.17, 15) is 14.4 Å². The van der Waals surface area contributed by atoms with Gasteiger partial charge in [-0.05, 0) is 135 Å². The summed E-state index contributed by atoms with van der Waals surface area (Å²) in [7, 11) is 7.11. The van der Waals surface area contributed by atoms with Gasteiger partial charge in [-0.2, -0.15) is 0 Å². The highest BCUT2D eigenvalue weighted by molar-refractivity contribution is 5.70. The quantitative estimate of drug-likeness (QED) is 0.0266. The van der Waals surface area contributed by atoms with Crippen LogP contribution < -0.4 is 0 Å². The molecular weight excluding hydrogens is 699 g/mol. The van der Waals surface area contributed by atoms with Crippen molar-refractivity contribution >= 4 is 17.9 Å². The van der Waals surface area contributed by atoms with E-state index in [0.29, 0.717) is 31.1 Å². The van der Waals surface area contributed by atoms with Crippen LogP contribution in [0.5, 0.6) is 0 Å². The summed E-state index contributed by atoms with van der Waals surface area (Å²) < 4.78 is 15.5. The maximum atomic E-state index is 13.0. The van der Waals surface area contributed by atoms with Gasteiger partial charge in [-0.25, -0.2) is 0 Å². The molecule has 0 rings (SSSR count). The molecule has 0 heterocycles. The smallest absolute Gasteiger partial charge is 0.306 e. The van der Waals surface area contributed by atoms with Crippen molar-refractivity contribution in [2.45, 2.75) is 200 Å². The van der Waals surface area contributed by atoms with E-state index in [1.807, 2.05) is 0 Å². The molecular formula is C49H87NO6. The van der Waals surface area contributed by atoms with Crippen LogP contribution in [0.4, 0.5) is 0 Å². The monoisotopic (exact) mass is 786 g/mol. The number of unbranched alkanes of at least 4 members (excludes halogenated alkanes) is 16. The Kier molecular flexibility index (Phi) is 38.6. The summed E-state index contributed by atoms with van der Waals surface area (Å²) in [6.07, 6.45) is 47.7. The van der Waals surface area contributed by atoms with Gasteiger partial charge in [-0.1, -0.05) is 114 Å². The molecule has 0 amide bonds. The highest BCUT2D eigenvalue weighted by atomic mass is 16.5. The highest BCUT2D eigenvalue weighted by Crippen LogP contribution is 2.21. The number of hydrogen-bond donors (Lipinski definition) is 0. The molecule has 324 valence electrons. The average Bonchev–Trinajstić information content (AvgIpc) is 3.16. The van der Waals surface area contributed by atoms with E-state index in [-0.39, 0.29) is 24.0 Å². The second-order valence-corrected chi connectivity index (χ2v) is 16.4. The van der Waals surface area contributed by atoms with Gasteiger partial charge in [0.05, 0.1) is 14.2 Å². The fourth-order valence-electron chi connectivity index (χ4n) is 7.21. The largest absolute Gasteiger partial charge is 0.469 e. The summed E-state index contributed by atoms with van der Waals surface area (Å²) >= 11 is 0. The van der Waals surface area contributed by atoms with Gasteiger partial charge < -0.3 is 19.1 Å². The summed E-state index contributed by atoms with van der Waals surface area (Å²) in [5, 5.41) is 0. The molecule has 0 bridgehead atoms. The number of nitrogens with zero attached hydrogens (tertiary/aromatic N) is 1. The molecule has 0 aliphatic heterocycles. The average molecular weight is 786 g/mol. The Morgan fingerprint density at radius 3 is 1.25 bits per heavy atom. The van der Waals surface area contributed by atoms with Gasteiger partial charge in [0, 0.05) is 25.8 Å². The Labute approximate surface area is 345 Å². The van der Waals surface area contributed by atoms with Crippen molar-refractivity contribution in [2.75, 3.05) is 34.9 Å². The molecule has 2 atom stereocenters. The minimum atomic E-state index is -0.117. The van der Waals surface area contributed by atoms with Gasteiger partial charge in [0.2, 0.25) is 0 Å². The number of allylic oxidation sites excluding steroid dienone is 8. The van der Waals surface area contributed by atoms with E-state index in [4.69, 9.17) is 4.74 Å². The topological polar surface area (TPSA) is 82.1 Å². The van der Waals surface area contributed by atoms with Gasteiger partial charge in [-0.15, -0.1) is 0 Å². The fraction of sp³-hybridized carbons (Fsp3) is 0.776. The van der Waals surface area contributed by atoms with Gasteiger partial charge >= 0.3 is 17.9 Å². The lowest BCUT2D eigenvalue weighted by Crippen LogP contribution is -2.23. The molecule has 0 fully saturated rings. The van der Waals surface area contributed by atoms with Crippen molar-refractivity contribution in [3.8, 4) is 0 Å². The predicted molar refractivity (Wildman–Crippen MR) is 237 cm³/mol. The lowest BCUT2D eigenvalue weighted by molar-refractivity contribution is -0.151. The molecule has 0 aliphatic rings. The molecule has 0 aromatic carbocycles. The first-order valence-corrected chi connectivity index (χ1v) is 22.8. The summed E-state index contributed by atoms with van der Waals surface area (Å²) in [6, 6.07) is 0. The molecule has 0 N–H and O–H groups in total. The van der Waals surface area contributed by atoms with Crippen molar-refractivity contribution in [1.82, 2.24) is 4.90 Å². The van der Waals surface area contributed by atoms with Gasteiger partial charge in [-0.3, -0.25) is 14.4 Å². The minimum absolute atomic E-state index is 0.00193. The number of ether oxygens (including phenoxy) is 3. The van der Waals surface area contributed by atoms with Crippen LogP contribution in [0, 0.1) is 11.8 Å². The molecule has 7 heteroatoms. The van der Waals surface area contributed by atoms with Crippen molar-refractivity contribution in [3.63, 3.8) is 0 Å². The third kappa shape index (κ3) is 39.6. The second kappa shape index (κ2) is 40.5. The van der Waals surface area contributed by atoms with E-state index in [0.717, 1.165) is 103 Å². The third-order valence-corrected chi connectivity index (χ3v) is 10.3. The van der Waals surface area contributed by atoms with E-state index < -0.39 is 0 Å². The SMILES string of the molecule is COC(=O)CCCC/C=C\C/C=C\CCCCCCCCC(CCCCCCCC/C=C\C/C=C\CCCCC(=O)OC)OC(=O)CC(C)CC(C)CN(C)C. The van der Waals surface area contributed by atoms with Crippen LogP contribution in [0.2, 0.25) is 0 Å². The van der Waals surface area contributed by atoms with E-state index in [2.05, 4.69) is 90.9 Å². The Balaban J connectivity index is 4.26. The van der Waals surface area contributed by atoms with E-state index in [1.54, 1.807) is 0 Å². The second-order valence-electron chi connectivity index (χ2n) is 16.4. The lowest BCUT2D eigenvalue weighted by atomic mass is 9.94. The molecule has 7 nitrogen and oxygen atoms in total. The van der Waals surface area contributed by atoms with Gasteiger partial charge in [0.1, 0.15) is 6.10 Å². The maximum absolute atomic E-state index is 13.0. The van der Waals surface area contributed by atoms with E-state index in [1.165, 1.54) is 78.4 Å². The van der Waals surface area contributed by atoms with E-state index >= 15 is 0 Å². The molecule has 0 aliphatic carbocycles. The highest BCUT2D eigenvalue weighted by Gasteiger charge is 2.18. The van der Waals surface area contributed by atoms with Crippen molar-refractivity contribution < 1.29 is 28.6 Å². The summed E-state index contributed by atoms with van der Waals surface area (Å²) in [4.78, 5) is 37.5. The minimum Gasteiger partial charge on any atom is -0.469 e. The molecule has 0 saturated heterocycles. The summed E-state index contributed by atoms with van der Waals surface area (Å²) in [5.41, 5.74) is 0. The molecule has 2 unspecified atom stereocenters. The number of esters is 3. The number of carbonyl (C=O) groups is 3. The van der Waals surface area contributed by atoms with Crippen LogP contribution in [-0.4, -0.2) is 63.8 Å². The standard InChI is InChI=1S/C49H87NO6/c1-44(41-45(2)43-50(3)4)42-49(53)56-46(37-33-29-25-21-17-13-9-7-11-15-19-23-27-31-35-39-47(51)54-5)38-34-30-26-22-18-14-10-8-12-16-20-24-28-32-36-40-48(52)55-6/h7-8,11-12,19-20,23-24,44-46H,9-10,13-18,21-22,25-43H2,1-6H3/b11-7-,12-8-,23-19-,24-20-. The fourth-order valence-corrected chi connectivity index (χ4v) is 7.21. The Morgan fingerprint density at radius 1 is 0.482 bits per heavy atom.